The van der Waals surface area contributed by atoms with Crippen molar-refractivity contribution in [2.24, 2.45) is 5.92 Å². The highest BCUT2D eigenvalue weighted by Gasteiger charge is 2.37. The Morgan fingerprint density at radius 3 is 2.75 bits per heavy atom. The van der Waals surface area contributed by atoms with E-state index in [4.69, 9.17) is 0 Å². The lowest BCUT2D eigenvalue weighted by molar-refractivity contribution is -0.145. The molecule has 1 aliphatic rings. The highest BCUT2D eigenvalue weighted by Crippen LogP contribution is 2.26. The average molecular weight is 344 g/mol. The second-order valence-corrected chi connectivity index (χ2v) is 5.94. The number of likely N-dealkylation sites (tertiary alicyclic amines) is 1. The van der Waals surface area contributed by atoms with E-state index in [1.807, 2.05) is 0 Å². The molecule has 1 N–H and O–H groups in total. The molecular formula is C14H15BrFNO3. The smallest absolute Gasteiger partial charge is 0.326 e. The summed E-state index contributed by atoms with van der Waals surface area (Å²) in [5.41, 5.74) is -0.0893. The summed E-state index contributed by atoms with van der Waals surface area (Å²) in [6.07, 6.45) is 1.48. The fourth-order valence-corrected chi connectivity index (χ4v) is 2.94. The molecule has 2 rings (SSSR count). The first-order valence-corrected chi connectivity index (χ1v) is 7.20. The molecule has 6 heteroatoms. The highest BCUT2D eigenvalue weighted by molar-refractivity contribution is 9.10. The predicted octanol–water partition coefficient (Wildman–Crippen LogP) is 2.91. The van der Waals surface area contributed by atoms with Crippen molar-refractivity contribution in [3.63, 3.8) is 0 Å². The summed E-state index contributed by atoms with van der Waals surface area (Å²) in [4.78, 5) is 25.0. The number of hydrogen-bond acceptors (Lipinski definition) is 2. The summed E-state index contributed by atoms with van der Waals surface area (Å²) in [5.74, 6) is -2.38. The van der Waals surface area contributed by atoms with Crippen LogP contribution < -0.4 is 0 Å². The van der Waals surface area contributed by atoms with Gasteiger partial charge in [-0.15, -0.1) is 0 Å². The Labute approximate surface area is 124 Å². The van der Waals surface area contributed by atoms with Crippen molar-refractivity contribution in [3.8, 4) is 0 Å². The van der Waals surface area contributed by atoms with Crippen molar-refractivity contribution in [3.05, 3.63) is 34.1 Å². The van der Waals surface area contributed by atoms with Gasteiger partial charge in [-0.05, 0) is 37.0 Å². The monoisotopic (exact) mass is 343 g/mol. The number of hydrogen-bond donors (Lipinski definition) is 1. The quantitative estimate of drug-likeness (QED) is 0.898. The van der Waals surface area contributed by atoms with Crippen molar-refractivity contribution in [2.75, 3.05) is 6.54 Å². The SMILES string of the molecule is CC1CCCN(C(=O)c2ccc(Br)cc2F)C1C(=O)O. The van der Waals surface area contributed by atoms with Gasteiger partial charge in [0.25, 0.3) is 5.91 Å². The summed E-state index contributed by atoms with van der Waals surface area (Å²) < 4.78 is 14.4. The fourth-order valence-electron chi connectivity index (χ4n) is 2.61. The number of carboxylic acid groups (broad SMARTS) is 1. The first-order chi connectivity index (χ1) is 9.41. The summed E-state index contributed by atoms with van der Waals surface area (Å²) >= 11 is 3.13. The molecule has 1 aromatic carbocycles. The Kier molecular flexibility index (Phi) is 4.42. The molecule has 0 aliphatic carbocycles. The van der Waals surface area contributed by atoms with Gasteiger partial charge in [0.1, 0.15) is 11.9 Å². The third-order valence-corrected chi connectivity index (χ3v) is 4.10. The van der Waals surface area contributed by atoms with Gasteiger partial charge in [-0.2, -0.15) is 0 Å². The first-order valence-electron chi connectivity index (χ1n) is 6.40. The van der Waals surface area contributed by atoms with Gasteiger partial charge in [0.2, 0.25) is 0 Å². The first kappa shape index (κ1) is 15.0. The van der Waals surface area contributed by atoms with Crippen LogP contribution in [0.5, 0.6) is 0 Å². The number of piperidine rings is 1. The molecule has 1 aromatic rings. The van der Waals surface area contributed by atoms with Crippen LogP contribution in [0.3, 0.4) is 0 Å². The van der Waals surface area contributed by atoms with Gasteiger partial charge >= 0.3 is 5.97 Å². The molecule has 1 heterocycles. The van der Waals surface area contributed by atoms with Crippen LogP contribution in [0.1, 0.15) is 30.1 Å². The molecule has 20 heavy (non-hydrogen) atoms. The van der Waals surface area contributed by atoms with E-state index >= 15 is 0 Å². The van der Waals surface area contributed by atoms with Crippen LogP contribution in [0.2, 0.25) is 0 Å². The molecule has 108 valence electrons. The highest BCUT2D eigenvalue weighted by atomic mass is 79.9. The summed E-state index contributed by atoms with van der Waals surface area (Å²) in [5, 5.41) is 9.29. The fraction of sp³-hybridized carbons (Fsp3) is 0.429. The van der Waals surface area contributed by atoms with Crippen LogP contribution in [0.4, 0.5) is 4.39 Å². The zero-order valence-electron chi connectivity index (χ0n) is 11.0. The number of carboxylic acids is 1. The van der Waals surface area contributed by atoms with Crippen molar-refractivity contribution < 1.29 is 19.1 Å². The molecular weight excluding hydrogens is 329 g/mol. The number of aliphatic carboxylic acids is 1. The predicted molar refractivity (Wildman–Crippen MR) is 75.0 cm³/mol. The van der Waals surface area contributed by atoms with E-state index in [0.29, 0.717) is 11.0 Å². The molecule has 2 atom stereocenters. The van der Waals surface area contributed by atoms with Crippen molar-refractivity contribution in [2.45, 2.75) is 25.8 Å². The number of nitrogens with zero attached hydrogens (tertiary/aromatic N) is 1. The van der Waals surface area contributed by atoms with Crippen LogP contribution in [0.15, 0.2) is 22.7 Å². The lowest BCUT2D eigenvalue weighted by Crippen LogP contribution is -2.52. The van der Waals surface area contributed by atoms with Gasteiger partial charge in [-0.1, -0.05) is 22.9 Å². The minimum absolute atomic E-state index is 0.0893. The number of carbonyl (C=O) groups excluding carboxylic acids is 1. The van der Waals surface area contributed by atoms with E-state index in [2.05, 4.69) is 15.9 Å². The Bertz CT molecular complexity index is 549. The zero-order valence-corrected chi connectivity index (χ0v) is 12.6. The lowest BCUT2D eigenvalue weighted by Gasteiger charge is -2.37. The minimum Gasteiger partial charge on any atom is -0.480 e. The van der Waals surface area contributed by atoms with Crippen molar-refractivity contribution in [1.82, 2.24) is 4.90 Å². The van der Waals surface area contributed by atoms with E-state index < -0.39 is 23.7 Å². The molecule has 0 saturated carbocycles. The molecule has 1 amide bonds. The molecule has 1 fully saturated rings. The molecule has 1 aliphatic heterocycles. The zero-order chi connectivity index (χ0) is 14.9. The number of benzene rings is 1. The summed E-state index contributed by atoms with van der Waals surface area (Å²) in [6, 6.07) is 3.26. The molecule has 0 bridgehead atoms. The number of carbonyl (C=O) groups is 2. The van der Waals surface area contributed by atoms with Crippen LogP contribution in [0, 0.1) is 11.7 Å². The number of amides is 1. The minimum atomic E-state index is -1.04. The van der Waals surface area contributed by atoms with Crippen molar-refractivity contribution in [1.29, 1.82) is 0 Å². The second kappa shape index (κ2) is 5.91. The molecule has 0 radical (unpaired) electrons. The van der Waals surface area contributed by atoms with E-state index in [-0.39, 0.29) is 11.5 Å². The maximum atomic E-state index is 13.9. The lowest BCUT2D eigenvalue weighted by atomic mass is 9.90. The van der Waals surface area contributed by atoms with Crippen LogP contribution in [-0.2, 0) is 4.79 Å². The topological polar surface area (TPSA) is 57.6 Å². The van der Waals surface area contributed by atoms with Crippen LogP contribution >= 0.6 is 15.9 Å². The molecule has 2 unspecified atom stereocenters. The maximum absolute atomic E-state index is 13.9. The van der Waals surface area contributed by atoms with Crippen LogP contribution in [-0.4, -0.2) is 34.5 Å². The Morgan fingerprint density at radius 2 is 2.15 bits per heavy atom. The largest absolute Gasteiger partial charge is 0.480 e. The molecule has 0 spiro atoms. The number of halogens is 2. The third-order valence-electron chi connectivity index (χ3n) is 3.61. The second-order valence-electron chi connectivity index (χ2n) is 5.03. The normalized spacial score (nSPS) is 22.6. The maximum Gasteiger partial charge on any atom is 0.326 e. The number of rotatable bonds is 2. The Hall–Kier alpha value is -1.43. The average Bonchev–Trinajstić information content (AvgIpc) is 2.37. The Morgan fingerprint density at radius 1 is 1.45 bits per heavy atom. The van der Waals surface area contributed by atoms with Gasteiger partial charge in [-0.25, -0.2) is 9.18 Å². The molecule has 1 saturated heterocycles. The van der Waals surface area contributed by atoms with Gasteiger partial charge in [0.05, 0.1) is 5.56 Å². The van der Waals surface area contributed by atoms with E-state index in [9.17, 15) is 19.1 Å². The van der Waals surface area contributed by atoms with E-state index in [1.54, 1.807) is 13.0 Å². The molecule has 4 nitrogen and oxygen atoms in total. The van der Waals surface area contributed by atoms with Gasteiger partial charge in [0.15, 0.2) is 0 Å². The third kappa shape index (κ3) is 2.85. The van der Waals surface area contributed by atoms with Crippen molar-refractivity contribution >= 4 is 27.8 Å². The summed E-state index contributed by atoms with van der Waals surface area (Å²) in [7, 11) is 0. The van der Waals surface area contributed by atoms with Gasteiger partial charge in [0, 0.05) is 11.0 Å². The van der Waals surface area contributed by atoms with E-state index in [1.165, 1.54) is 17.0 Å². The standard InChI is InChI=1S/C14H15BrFNO3/c1-8-3-2-6-17(12(8)14(19)20)13(18)10-5-4-9(15)7-11(10)16/h4-5,7-8,12H,2-3,6H2,1H3,(H,19,20). The van der Waals surface area contributed by atoms with Gasteiger partial charge < -0.3 is 10.0 Å². The van der Waals surface area contributed by atoms with Crippen LogP contribution in [0.25, 0.3) is 0 Å². The Balaban J connectivity index is 2.33. The van der Waals surface area contributed by atoms with E-state index in [0.717, 1.165) is 12.8 Å². The van der Waals surface area contributed by atoms with Gasteiger partial charge in [-0.3, -0.25) is 4.79 Å². The summed E-state index contributed by atoms with van der Waals surface area (Å²) in [6.45, 7) is 2.14. The molecule has 0 aromatic heterocycles.